The third-order valence-electron chi connectivity index (χ3n) is 3.84. The van der Waals surface area contributed by atoms with Gasteiger partial charge in [0.1, 0.15) is 0 Å². The molecule has 3 heteroatoms. The fourth-order valence-corrected chi connectivity index (χ4v) is 3.02. The minimum absolute atomic E-state index is 0.00669. The normalized spacial score (nSPS) is 37.1. The van der Waals surface area contributed by atoms with E-state index in [4.69, 9.17) is 5.73 Å². The first-order valence-electron chi connectivity index (χ1n) is 5.70. The molecule has 3 nitrogen and oxygen atoms in total. The molecule has 3 unspecified atom stereocenters. The molecule has 0 aromatic rings. The van der Waals surface area contributed by atoms with Crippen LogP contribution in [-0.2, 0) is 4.79 Å². The Morgan fingerprint density at radius 3 is 2.79 bits per heavy atom. The Morgan fingerprint density at radius 2 is 2.29 bits per heavy atom. The second-order valence-electron chi connectivity index (χ2n) is 4.97. The van der Waals surface area contributed by atoms with Crippen LogP contribution in [0.15, 0.2) is 0 Å². The van der Waals surface area contributed by atoms with Crippen molar-refractivity contribution in [3.8, 4) is 0 Å². The van der Waals surface area contributed by atoms with Crippen molar-refractivity contribution < 1.29 is 4.79 Å². The third kappa shape index (κ3) is 1.92. The lowest BCUT2D eigenvalue weighted by atomic mass is 9.89. The van der Waals surface area contributed by atoms with Crippen LogP contribution in [0.1, 0.15) is 32.6 Å². The monoisotopic (exact) mass is 196 g/mol. The van der Waals surface area contributed by atoms with Crippen LogP contribution < -0.4 is 11.1 Å². The summed E-state index contributed by atoms with van der Waals surface area (Å²) in [5.41, 5.74) is 5.48. The highest BCUT2D eigenvalue weighted by molar-refractivity contribution is 5.80. The van der Waals surface area contributed by atoms with Crippen LogP contribution in [-0.4, -0.2) is 18.5 Å². The molecule has 0 saturated heterocycles. The fourth-order valence-electron chi connectivity index (χ4n) is 3.02. The number of nitrogens with two attached hydrogens (primary N) is 1. The maximum Gasteiger partial charge on any atom is 0.236 e. The van der Waals surface area contributed by atoms with Crippen LogP contribution in [0.4, 0.5) is 0 Å². The van der Waals surface area contributed by atoms with Crippen LogP contribution in [0.2, 0.25) is 0 Å². The van der Waals surface area contributed by atoms with Crippen molar-refractivity contribution in [2.75, 3.05) is 6.54 Å². The van der Waals surface area contributed by atoms with E-state index in [1.165, 1.54) is 25.7 Å². The van der Waals surface area contributed by atoms with Crippen molar-refractivity contribution in [2.45, 2.75) is 38.6 Å². The number of nitrogens with one attached hydrogen (secondary N) is 1. The van der Waals surface area contributed by atoms with E-state index in [0.29, 0.717) is 0 Å². The van der Waals surface area contributed by atoms with E-state index >= 15 is 0 Å². The predicted molar refractivity (Wildman–Crippen MR) is 55.6 cm³/mol. The molecule has 0 spiro atoms. The first-order chi connectivity index (χ1) is 6.66. The smallest absolute Gasteiger partial charge is 0.236 e. The molecular formula is C11H20N2O. The van der Waals surface area contributed by atoms with Gasteiger partial charge in [0.15, 0.2) is 0 Å². The molecule has 0 aliphatic heterocycles. The predicted octanol–water partition coefficient (Wildman–Crippen LogP) is 0.886. The van der Waals surface area contributed by atoms with Gasteiger partial charge < -0.3 is 11.1 Å². The summed E-state index contributed by atoms with van der Waals surface area (Å²) in [5, 5.41) is 2.94. The molecule has 80 valence electrons. The van der Waals surface area contributed by atoms with Crippen LogP contribution in [0.3, 0.4) is 0 Å². The molecule has 2 bridgehead atoms. The number of hydrogen-bond donors (Lipinski definition) is 2. The first-order valence-corrected chi connectivity index (χ1v) is 5.70. The van der Waals surface area contributed by atoms with E-state index in [9.17, 15) is 4.79 Å². The van der Waals surface area contributed by atoms with Crippen LogP contribution in [0.5, 0.6) is 0 Å². The van der Waals surface area contributed by atoms with Crippen molar-refractivity contribution in [3.63, 3.8) is 0 Å². The number of amides is 1. The van der Waals surface area contributed by atoms with Gasteiger partial charge in [0.25, 0.3) is 0 Å². The lowest BCUT2D eigenvalue weighted by Crippen LogP contribution is -2.41. The Balaban J connectivity index is 1.74. The molecule has 2 aliphatic rings. The third-order valence-corrected chi connectivity index (χ3v) is 3.84. The summed E-state index contributed by atoms with van der Waals surface area (Å²) < 4.78 is 0. The summed E-state index contributed by atoms with van der Waals surface area (Å²) in [6.07, 6.45) is 5.52. The van der Waals surface area contributed by atoms with Crippen LogP contribution in [0, 0.1) is 17.8 Å². The standard InChI is InChI=1S/C11H20N2O/c1-7(12)11(14)13-6-10-5-8-2-3-9(10)4-8/h7-10H,2-6,12H2,1H3,(H,13,14)/t7-,8?,9?,10?/m1/s1. The quantitative estimate of drug-likeness (QED) is 0.704. The van der Waals surface area contributed by atoms with Gasteiger partial charge in [-0.3, -0.25) is 4.79 Å². The molecule has 0 aromatic carbocycles. The molecule has 0 heterocycles. The Labute approximate surface area is 85.4 Å². The van der Waals surface area contributed by atoms with Gasteiger partial charge in [-0.1, -0.05) is 6.42 Å². The number of carbonyl (C=O) groups is 1. The lowest BCUT2D eigenvalue weighted by molar-refractivity contribution is -0.122. The van der Waals surface area contributed by atoms with E-state index in [0.717, 1.165) is 24.3 Å². The molecule has 2 aliphatic carbocycles. The van der Waals surface area contributed by atoms with E-state index in [2.05, 4.69) is 5.32 Å². The molecule has 2 saturated carbocycles. The number of fused-ring (bicyclic) bond motifs is 2. The van der Waals surface area contributed by atoms with Crippen LogP contribution in [0.25, 0.3) is 0 Å². The summed E-state index contributed by atoms with van der Waals surface area (Å²) in [6.45, 7) is 2.58. The molecule has 2 fully saturated rings. The molecular weight excluding hydrogens is 176 g/mol. The van der Waals surface area contributed by atoms with Crippen molar-refractivity contribution in [2.24, 2.45) is 23.5 Å². The van der Waals surface area contributed by atoms with Crippen molar-refractivity contribution in [1.82, 2.24) is 5.32 Å². The number of rotatable bonds is 3. The summed E-state index contributed by atoms with van der Waals surface area (Å²) in [7, 11) is 0. The van der Waals surface area contributed by atoms with Gasteiger partial charge in [0.2, 0.25) is 5.91 Å². The fraction of sp³-hybridized carbons (Fsp3) is 0.909. The van der Waals surface area contributed by atoms with Crippen molar-refractivity contribution in [3.05, 3.63) is 0 Å². The van der Waals surface area contributed by atoms with Crippen molar-refractivity contribution in [1.29, 1.82) is 0 Å². The molecule has 3 N–H and O–H groups in total. The molecule has 4 atom stereocenters. The molecule has 1 amide bonds. The number of hydrogen-bond acceptors (Lipinski definition) is 2. The largest absolute Gasteiger partial charge is 0.354 e. The van der Waals surface area contributed by atoms with Gasteiger partial charge in [0.05, 0.1) is 6.04 Å². The maximum absolute atomic E-state index is 11.3. The SMILES string of the molecule is C[C@@H](N)C(=O)NCC1CC2CCC1C2. The summed E-state index contributed by atoms with van der Waals surface area (Å²) in [4.78, 5) is 11.3. The Morgan fingerprint density at radius 1 is 1.50 bits per heavy atom. The van der Waals surface area contributed by atoms with E-state index in [-0.39, 0.29) is 11.9 Å². The van der Waals surface area contributed by atoms with Gasteiger partial charge in [0, 0.05) is 6.54 Å². The van der Waals surface area contributed by atoms with Gasteiger partial charge in [-0.05, 0) is 43.9 Å². The lowest BCUT2D eigenvalue weighted by Gasteiger charge is -2.22. The van der Waals surface area contributed by atoms with E-state index < -0.39 is 0 Å². The highest BCUT2D eigenvalue weighted by Gasteiger charge is 2.39. The second-order valence-corrected chi connectivity index (χ2v) is 4.97. The van der Waals surface area contributed by atoms with Gasteiger partial charge in [-0.15, -0.1) is 0 Å². The zero-order valence-corrected chi connectivity index (χ0v) is 8.83. The average molecular weight is 196 g/mol. The zero-order valence-electron chi connectivity index (χ0n) is 8.83. The van der Waals surface area contributed by atoms with Gasteiger partial charge in [-0.2, -0.15) is 0 Å². The number of carbonyl (C=O) groups excluding carboxylic acids is 1. The molecule has 0 aromatic heterocycles. The molecule has 14 heavy (non-hydrogen) atoms. The minimum atomic E-state index is -0.367. The topological polar surface area (TPSA) is 55.1 Å². The zero-order chi connectivity index (χ0) is 10.1. The highest BCUT2D eigenvalue weighted by atomic mass is 16.2. The Hall–Kier alpha value is -0.570. The van der Waals surface area contributed by atoms with Gasteiger partial charge in [-0.25, -0.2) is 0 Å². The highest BCUT2D eigenvalue weighted by Crippen LogP contribution is 2.47. The summed E-state index contributed by atoms with van der Waals surface area (Å²) in [5.74, 6) is 2.56. The summed E-state index contributed by atoms with van der Waals surface area (Å²) in [6, 6.07) is -0.367. The first kappa shape index (κ1) is 9.97. The Bertz CT molecular complexity index is 227. The van der Waals surface area contributed by atoms with E-state index in [1.54, 1.807) is 6.92 Å². The van der Waals surface area contributed by atoms with E-state index in [1.807, 2.05) is 0 Å². The molecule has 2 rings (SSSR count). The second kappa shape index (κ2) is 3.89. The minimum Gasteiger partial charge on any atom is -0.354 e. The van der Waals surface area contributed by atoms with Crippen molar-refractivity contribution >= 4 is 5.91 Å². The summed E-state index contributed by atoms with van der Waals surface area (Å²) >= 11 is 0. The van der Waals surface area contributed by atoms with Crippen LogP contribution >= 0.6 is 0 Å². The maximum atomic E-state index is 11.3. The molecule has 0 radical (unpaired) electrons. The average Bonchev–Trinajstić information content (AvgIpc) is 2.74. The Kier molecular flexibility index (Phi) is 2.77. The van der Waals surface area contributed by atoms with Gasteiger partial charge >= 0.3 is 0 Å².